The lowest BCUT2D eigenvalue weighted by molar-refractivity contribution is 0.982. The molecule has 0 fully saturated rings. The van der Waals surface area contributed by atoms with E-state index >= 15 is 0 Å². The van der Waals surface area contributed by atoms with Crippen LogP contribution in [0.15, 0.2) is 188 Å². The summed E-state index contributed by atoms with van der Waals surface area (Å²) in [5.41, 5.74) is 22.4. The summed E-state index contributed by atoms with van der Waals surface area (Å²) in [6.07, 6.45) is 0. The van der Waals surface area contributed by atoms with Crippen molar-refractivity contribution in [2.24, 2.45) is 0 Å². The predicted molar refractivity (Wildman–Crippen MR) is 213 cm³/mol. The van der Waals surface area contributed by atoms with E-state index in [2.05, 4.69) is 195 Å². The summed E-state index contributed by atoms with van der Waals surface area (Å²) in [7, 11) is 0. The normalized spacial score (nSPS) is 15.2. The second-order valence-corrected chi connectivity index (χ2v) is 14.1. The van der Waals surface area contributed by atoms with Crippen LogP contribution in [-0.2, 0) is 0 Å². The number of rotatable bonds is 5. The second-order valence-electron chi connectivity index (χ2n) is 14.1. The number of fused-ring (bicyclic) bond motifs is 6. The molecule has 0 nitrogen and oxygen atoms in total. The quantitative estimate of drug-likeness (QED) is 0.174. The minimum Gasteiger partial charge on any atom is -0.0622 e. The summed E-state index contributed by atoms with van der Waals surface area (Å²) >= 11 is 0. The van der Waals surface area contributed by atoms with Crippen molar-refractivity contribution >= 4 is 0 Å². The molecule has 0 heterocycles. The van der Waals surface area contributed by atoms with Gasteiger partial charge < -0.3 is 0 Å². The molecule has 10 rings (SSSR count). The van der Waals surface area contributed by atoms with Gasteiger partial charge in [-0.1, -0.05) is 169 Å². The van der Waals surface area contributed by atoms with Crippen LogP contribution < -0.4 is 0 Å². The van der Waals surface area contributed by atoms with Crippen molar-refractivity contribution in [1.29, 1.82) is 0 Å². The van der Waals surface area contributed by atoms with Gasteiger partial charge in [0.05, 0.1) is 0 Å². The van der Waals surface area contributed by atoms with Crippen molar-refractivity contribution in [2.45, 2.75) is 18.8 Å². The first-order valence-corrected chi connectivity index (χ1v) is 18.0. The number of benzene rings is 8. The average Bonchev–Trinajstić information content (AvgIpc) is 3.69. The summed E-state index contributed by atoms with van der Waals surface area (Å²) in [6.45, 7) is 2.17. The molecule has 8 aromatic rings. The summed E-state index contributed by atoms with van der Waals surface area (Å²) in [5.74, 6) is 0.370. The lowest BCUT2D eigenvalue weighted by Crippen LogP contribution is -2.03. The van der Waals surface area contributed by atoms with Crippen LogP contribution >= 0.6 is 0 Å². The van der Waals surface area contributed by atoms with Gasteiger partial charge in [0.2, 0.25) is 0 Å². The SMILES string of the molecule is Cc1cccc(-c2cc(-c3ccccc3)cc(-c3cccc(C4c5ccccc5-c5cc6c(cc54)C(c4ccccc4)c4ccccc4-6)c3)c2)c1. The Kier molecular flexibility index (Phi) is 6.96. The molecule has 0 radical (unpaired) electrons. The Morgan fingerprint density at radius 3 is 1.37 bits per heavy atom. The number of hydrogen-bond donors (Lipinski definition) is 0. The molecule has 0 bridgehead atoms. The minimum atomic E-state index is 0.148. The highest BCUT2D eigenvalue weighted by Gasteiger charge is 2.36. The Balaban J connectivity index is 1.14. The topological polar surface area (TPSA) is 0 Å². The van der Waals surface area contributed by atoms with Crippen molar-refractivity contribution in [3.63, 3.8) is 0 Å². The summed E-state index contributed by atoms with van der Waals surface area (Å²) < 4.78 is 0. The van der Waals surface area contributed by atoms with Gasteiger partial charge >= 0.3 is 0 Å². The van der Waals surface area contributed by atoms with Gasteiger partial charge in [-0.3, -0.25) is 0 Å². The Bertz CT molecular complexity index is 2590. The number of aryl methyl sites for hydroxylation is 1. The predicted octanol–water partition coefficient (Wildman–Crippen LogP) is 13.3. The summed E-state index contributed by atoms with van der Waals surface area (Å²) in [4.78, 5) is 0. The molecule has 0 aliphatic heterocycles. The van der Waals surface area contributed by atoms with Crippen molar-refractivity contribution in [1.82, 2.24) is 0 Å². The minimum absolute atomic E-state index is 0.148. The van der Waals surface area contributed by atoms with E-state index in [1.54, 1.807) is 0 Å². The third-order valence-electron chi connectivity index (χ3n) is 11.0. The molecular formula is C51H36. The molecule has 2 aliphatic rings. The molecule has 0 amide bonds. The zero-order valence-corrected chi connectivity index (χ0v) is 28.6. The second kappa shape index (κ2) is 12.0. The molecule has 240 valence electrons. The first kappa shape index (κ1) is 29.7. The van der Waals surface area contributed by atoms with E-state index in [-0.39, 0.29) is 11.8 Å². The number of hydrogen-bond acceptors (Lipinski definition) is 0. The molecule has 0 saturated carbocycles. The van der Waals surface area contributed by atoms with Crippen LogP contribution in [0.1, 0.15) is 50.8 Å². The van der Waals surface area contributed by atoms with Gasteiger partial charge in [0.25, 0.3) is 0 Å². The Labute approximate surface area is 300 Å². The van der Waals surface area contributed by atoms with E-state index < -0.39 is 0 Å². The average molecular weight is 649 g/mol. The van der Waals surface area contributed by atoms with Gasteiger partial charge in [0, 0.05) is 11.8 Å². The Morgan fingerprint density at radius 2 is 0.745 bits per heavy atom. The standard InChI is InChI=1S/C51H36/c1-33-14-12-19-36(26-33)40-28-39(34-15-4-2-5-16-34)29-41(30-40)37-20-13-21-38(27-37)51-45-25-11-9-23-43(45)47-31-46-42-22-8-10-24-44(42)50(48(46)32-49(47)51)35-17-6-3-7-18-35/h2-32,50-51H,1H3. The van der Waals surface area contributed by atoms with E-state index in [1.165, 1.54) is 94.6 Å². The molecule has 2 atom stereocenters. The molecule has 2 unspecified atom stereocenters. The van der Waals surface area contributed by atoms with Crippen LogP contribution in [0.3, 0.4) is 0 Å². The third-order valence-corrected chi connectivity index (χ3v) is 11.0. The van der Waals surface area contributed by atoms with Crippen molar-refractivity contribution < 1.29 is 0 Å². The van der Waals surface area contributed by atoms with E-state index in [4.69, 9.17) is 0 Å². The monoisotopic (exact) mass is 648 g/mol. The van der Waals surface area contributed by atoms with E-state index in [9.17, 15) is 0 Å². The molecule has 51 heavy (non-hydrogen) atoms. The highest BCUT2D eigenvalue weighted by atomic mass is 14.4. The molecule has 0 spiro atoms. The molecule has 0 saturated heterocycles. The molecule has 0 heteroatoms. The van der Waals surface area contributed by atoms with Gasteiger partial charge in [0.1, 0.15) is 0 Å². The third kappa shape index (κ3) is 4.98. The molecule has 0 aromatic heterocycles. The van der Waals surface area contributed by atoms with Crippen molar-refractivity contribution in [3.05, 3.63) is 227 Å². The molecule has 8 aromatic carbocycles. The van der Waals surface area contributed by atoms with Crippen LogP contribution in [0, 0.1) is 6.92 Å². The zero-order chi connectivity index (χ0) is 33.9. The van der Waals surface area contributed by atoms with E-state index in [0.29, 0.717) is 0 Å². The lowest BCUT2D eigenvalue weighted by Gasteiger charge is -2.19. The maximum absolute atomic E-state index is 2.55. The van der Waals surface area contributed by atoms with E-state index in [0.717, 1.165) is 0 Å². The van der Waals surface area contributed by atoms with Gasteiger partial charge in [-0.25, -0.2) is 0 Å². The fraction of sp³-hybridized carbons (Fsp3) is 0.0588. The molecule has 2 aliphatic carbocycles. The van der Waals surface area contributed by atoms with Gasteiger partial charge in [-0.15, -0.1) is 0 Å². The van der Waals surface area contributed by atoms with Crippen molar-refractivity contribution in [3.8, 4) is 55.6 Å². The van der Waals surface area contributed by atoms with Crippen LogP contribution in [0.4, 0.5) is 0 Å². The maximum Gasteiger partial charge on any atom is 0.0352 e. The lowest BCUT2D eigenvalue weighted by atomic mass is 9.84. The van der Waals surface area contributed by atoms with Gasteiger partial charge in [-0.05, 0) is 120 Å². The highest BCUT2D eigenvalue weighted by molar-refractivity contribution is 5.90. The fourth-order valence-corrected chi connectivity index (χ4v) is 8.75. The summed E-state index contributed by atoms with van der Waals surface area (Å²) in [6, 6.07) is 70.1. The molecule has 0 N–H and O–H groups in total. The van der Waals surface area contributed by atoms with Crippen LogP contribution in [0.5, 0.6) is 0 Å². The van der Waals surface area contributed by atoms with Crippen LogP contribution in [0.2, 0.25) is 0 Å². The Hall–Kier alpha value is -6.24. The van der Waals surface area contributed by atoms with Crippen LogP contribution in [0.25, 0.3) is 55.6 Å². The van der Waals surface area contributed by atoms with Crippen LogP contribution in [-0.4, -0.2) is 0 Å². The fourth-order valence-electron chi connectivity index (χ4n) is 8.75. The van der Waals surface area contributed by atoms with Crippen molar-refractivity contribution in [2.75, 3.05) is 0 Å². The Morgan fingerprint density at radius 1 is 0.275 bits per heavy atom. The zero-order valence-electron chi connectivity index (χ0n) is 28.6. The molecular weight excluding hydrogens is 613 g/mol. The van der Waals surface area contributed by atoms with E-state index in [1.807, 2.05) is 0 Å². The van der Waals surface area contributed by atoms with Gasteiger partial charge in [0.15, 0.2) is 0 Å². The smallest absolute Gasteiger partial charge is 0.0352 e. The van der Waals surface area contributed by atoms with Gasteiger partial charge in [-0.2, -0.15) is 0 Å². The highest BCUT2D eigenvalue weighted by Crippen LogP contribution is 2.55. The maximum atomic E-state index is 2.55. The summed E-state index contributed by atoms with van der Waals surface area (Å²) in [5, 5.41) is 0. The first-order chi connectivity index (χ1) is 25.2. The first-order valence-electron chi connectivity index (χ1n) is 18.0. The largest absolute Gasteiger partial charge is 0.0622 e.